The number of benzene rings is 2. The Labute approximate surface area is 183 Å². The van der Waals surface area contributed by atoms with Crippen LogP contribution >= 0.6 is 39.1 Å². The van der Waals surface area contributed by atoms with Gasteiger partial charge in [-0.2, -0.15) is 0 Å². The molecule has 0 aromatic heterocycles. The smallest absolute Gasteiger partial charge is 0.261 e. The number of nitrogens with one attached hydrogen (secondary N) is 1. The van der Waals surface area contributed by atoms with Crippen LogP contribution in [0.15, 0.2) is 46.9 Å². The minimum atomic E-state index is -0.606. The van der Waals surface area contributed by atoms with Crippen LogP contribution in [0.4, 0.5) is 0 Å². The first-order valence-electron chi connectivity index (χ1n) is 8.69. The summed E-state index contributed by atoms with van der Waals surface area (Å²) in [5.41, 5.74) is 0.868. The van der Waals surface area contributed by atoms with Gasteiger partial charge in [-0.15, -0.1) is 0 Å². The zero-order valence-electron chi connectivity index (χ0n) is 15.5. The molecule has 150 valence electrons. The lowest BCUT2D eigenvalue weighted by molar-refractivity contribution is -0.142. The Morgan fingerprint density at radius 3 is 2.36 bits per heavy atom. The van der Waals surface area contributed by atoms with Crippen LogP contribution in [0.1, 0.15) is 18.9 Å². The van der Waals surface area contributed by atoms with E-state index in [1.54, 1.807) is 37.4 Å². The van der Waals surface area contributed by atoms with Crippen LogP contribution in [0.3, 0.4) is 0 Å². The van der Waals surface area contributed by atoms with Crippen molar-refractivity contribution in [2.45, 2.75) is 25.9 Å². The number of ether oxygens (including phenoxy) is 1. The quantitative estimate of drug-likeness (QED) is 0.587. The van der Waals surface area contributed by atoms with E-state index in [2.05, 4.69) is 21.2 Å². The van der Waals surface area contributed by atoms with E-state index in [0.717, 1.165) is 5.56 Å². The van der Waals surface area contributed by atoms with Crippen molar-refractivity contribution >= 4 is 50.9 Å². The number of rotatable bonds is 8. The fraction of sp³-hybridized carbons (Fsp3) is 0.300. The molecule has 1 N–H and O–H groups in total. The van der Waals surface area contributed by atoms with Gasteiger partial charge in [0.2, 0.25) is 5.91 Å². The third-order valence-corrected chi connectivity index (χ3v) is 5.25. The second-order valence-electron chi connectivity index (χ2n) is 6.05. The van der Waals surface area contributed by atoms with Gasteiger partial charge in [0.25, 0.3) is 5.91 Å². The monoisotopic (exact) mass is 486 g/mol. The minimum Gasteiger partial charge on any atom is -0.483 e. The van der Waals surface area contributed by atoms with Crippen molar-refractivity contribution in [3.8, 4) is 5.75 Å². The SMILES string of the molecule is CC[C@@H](C(=O)NC)N(Cc1ccc(Cl)cc1)C(=O)COc1ccc(Cl)cc1Br. The number of nitrogens with zero attached hydrogens (tertiary/aromatic N) is 1. The van der Waals surface area contributed by atoms with Crippen molar-refractivity contribution in [1.29, 1.82) is 0 Å². The second-order valence-corrected chi connectivity index (χ2v) is 7.78. The maximum atomic E-state index is 12.9. The normalized spacial score (nSPS) is 11.6. The molecule has 0 heterocycles. The maximum absolute atomic E-state index is 12.9. The van der Waals surface area contributed by atoms with Crippen LogP contribution in [0.2, 0.25) is 10.0 Å². The van der Waals surface area contributed by atoms with Crippen molar-refractivity contribution in [1.82, 2.24) is 10.2 Å². The van der Waals surface area contributed by atoms with Gasteiger partial charge in [0.15, 0.2) is 6.61 Å². The maximum Gasteiger partial charge on any atom is 0.261 e. The van der Waals surface area contributed by atoms with Crippen LogP contribution < -0.4 is 10.1 Å². The number of hydrogen-bond donors (Lipinski definition) is 1. The molecule has 2 aromatic rings. The molecule has 0 aliphatic carbocycles. The van der Waals surface area contributed by atoms with Gasteiger partial charge >= 0.3 is 0 Å². The van der Waals surface area contributed by atoms with Crippen LogP contribution in [0.25, 0.3) is 0 Å². The number of amides is 2. The van der Waals surface area contributed by atoms with Gasteiger partial charge in [-0.1, -0.05) is 42.3 Å². The predicted molar refractivity (Wildman–Crippen MR) is 115 cm³/mol. The first kappa shape index (κ1) is 22.5. The van der Waals surface area contributed by atoms with Gasteiger partial charge in [0.05, 0.1) is 4.47 Å². The molecule has 2 aromatic carbocycles. The second kappa shape index (κ2) is 10.7. The molecule has 0 saturated heterocycles. The van der Waals surface area contributed by atoms with E-state index in [0.29, 0.717) is 26.7 Å². The summed E-state index contributed by atoms with van der Waals surface area (Å²) in [4.78, 5) is 26.8. The van der Waals surface area contributed by atoms with E-state index in [-0.39, 0.29) is 25.0 Å². The summed E-state index contributed by atoms with van der Waals surface area (Å²) in [7, 11) is 1.55. The van der Waals surface area contributed by atoms with E-state index < -0.39 is 6.04 Å². The highest BCUT2D eigenvalue weighted by molar-refractivity contribution is 9.10. The van der Waals surface area contributed by atoms with Crippen LogP contribution in [0.5, 0.6) is 5.75 Å². The summed E-state index contributed by atoms with van der Waals surface area (Å²) >= 11 is 15.2. The molecule has 0 aliphatic heterocycles. The summed E-state index contributed by atoms with van der Waals surface area (Å²) in [6.45, 7) is 1.92. The largest absolute Gasteiger partial charge is 0.483 e. The van der Waals surface area contributed by atoms with Gasteiger partial charge in [0, 0.05) is 23.6 Å². The average molecular weight is 488 g/mol. The first-order valence-corrected chi connectivity index (χ1v) is 10.2. The molecule has 28 heavy (non-hydrogen) atoms. The standard InChI is InChI=1S/C20H21BrCl2N2O3/c1-3-17(20(27)24-2)25(11-13-4-6-14(22)7-5-13)19(26)12-28-18-9-8-15(23)10-16(18)21/h4-10,17H,3,11-12H2,1-2H3,(H,24,27)/t17-/m0/s1. The molecule has 0 saturated carbocycles. The highest BCUT2D eigenvalue weighted by Crippen LogP contribution is 2.28. The van der Waals surface area contributed by atoms with Gasteiger partial charge in [-0.3, -0.25) is 9.59 Å². The zero-order chi connectivity index (χ0) is 20.7. The summed E-state index contributed by atoms with van der Waals surface area (Å²) in [6, 6.07) is 11.6. The topological polar surface area (TPSA) is 58.6 Å². The number of likely N-dealkylation sites (N-methyl/N-ethyl adjacent to an activating group) is 1. The first-order chi connectivity index (χ1) is 13.3. The van der Waals surface area contributed by atoms with E-state index in [1.807, 2.05) is 19.1 Å². The Morgan fingerprint density at radius 2 is 1.79 bits per heavy atom. The Hall–Kier alpha value is -1.76. The number of carbonyl (C=O) groups is 2. The Balaban J connectivity index is 2.19. The van der Waals surface area contributed by atoms with Crippen LogP contribution in [-0.2, 0) is 16.1 Å². The van der Waals surface area contributed by atoms with E-state index in [1.165, 1.54) is 4.90 Å². The Kier molecular flexibility index (Phi) is 8.60. The molecule has 0 spiro atoms. The number of halogens is 3. The molecule has 0 bridgehead atoms. The van der Waals surface area contributed by atoms with E-state index >= 15 is 0 Å². The summed E-state index contributed by atoms with van der Waals surface area (Å²) in [5, 5.41) is 3.78. The van der Waals surface area contributed by atoms with Crippen LogP contribution in [0, 0.1) is 0 Å². The van der Waals surface area contributed by atoms with Gasteiger partial charge in [0.1, 0.15) is 11.8 Å². The zero-order valence-corrected chi connectivity index (χ0v) is 18.6. The fourth-order valence-corrected chi connectivity index (χ4v) is 3.61. The van der Waals surface area contributed by atoms with Gasteiger partial charge in [-0.05, 0) is 58.2 Å². The van der Waals surface area contributed by atoms with Gasteiger partial charge < -0.3 is 15.0 Å². The molecule has 1 atom stereocenters. The number of carbonyl (C=O) groups excluding carboxylic acids is 2. The highest BCUT2D eigenvalue weighted by Gasteiger charge is 2.28. The van der Waals surface area contributed by atoms with E-state index in [9.17, 15) is 9.59 Å². The summed E-state index contributed by atoms with van der Waals surface area (Å²) in [6.07, 6.45) is 0.476. The molecule has 2 amide bonds. The lowest BCUT2D eigenvalue weighted by atomic mass is 10.1. The molecule has 8 heteroatoms. The Morgan fingerprint density at radius 1 is 1.14 bits per heavy atom. The third-order valence-electron chi connectivity index (χ3n) is 4.14. The van der Waals surface area contributed by atoms with Crippen molar-refractivity contribution in [2.75, 3.05) is 13.7 Å². The summed E-state index contributed by atoms with van der Waals surface area (Å²) < 4.78 is 6.30. The lowest BCUT2D eigenvalue weighted by Gasteiger charge is -2.30. The molecule has 0 aliphatic rings. The number of hydrogen-bond acceptors (Lipinski definition) is 3. The lowest BCUT2D eigenvalue weighted by Crippen LogP contribution is -2.49. The van der Waals surface area contributed by atoms with Crippen molar-refractivity contribution < 1.29 is 14.3 Å². The fourth-order valence-electron chi connectivity index (χ4n) is 2.69. The minimum absolute atomic E-state index is 0.207. The van der Waals surface area contributed by atoms with Crippen molar-refractivity contribution in [3.63, 3.8) is 0 Å². The molecular weight excluding hydrogens is 467 g/mol. The molecule has 2 rings (SSSR count). The molecule has 0 unspecified atom stereocenters. The van der Waals surface area contributed by atoms with E-state index in [4.69, 9.17) is 27.9 Å². The van der Waals surface area contributed by atoms with Crippen molar-refractivity contribution in [2.24, 2.45) is 0 Å². The Bertz CT molecular complexity index is 831. The summed E-state index contributed by atoms with van der Waals surface area (Å²) in [5.74, 6) is -0.0260. The molecule has 0 fully saturated rings. The third kappa shape index (κ3) is 6.12. The van der Waals surface area contributed by atoms with Crippen molar-refractivity contribution in [3.05, 3.63) is 62.5 Å². The molecule has 0 radical (unpaired) electrons. The average Bonchev–Trinajstić information content (AvgIpc) is 2.68. The van der Waals surface area contributed by atoms with Gasteiger partial charge in [-0.25, -0.2) is 0 Å². The molecular formula is C20H21BrCl2N2O3. The van der Waals surface area contributed by atoms with Crippen LogP contribution in [-0.4, -0.2) is 36.4 Å². The predicted octanol–water partition coefficient (Wildman–Crippen LogP) is 4.69. The molecule has 5 nitrogen and oxygen atoms in total. The highest BCUT2D eigenvalue weighted by atomic mass is 79.9.